The van der Waals surface area contributed by atoms with Crippen LogP contribution in [0.1, 0.15) is 15.9 Å². The highest BCUT2D eigenvalue weighted by Gasteiger charge is 2.06. The molecule has 2 N–H and O–H groups in total. The first-order valence-electron chi connectivity index (χ1n) is 7.07. The molecule has 0 atom stereocenters. The molecular formula is C15H15N5O2S. The molecule has 1 aromatic carbocycles. The van der Waals surface area contributed by atoms with Crippen LogP contribution in [0.25, 0.3) is 4.96 Å². The van der Waals surface area contributed by atoms with E-state index in [0.717, 1.165) is 12.0 Å². The lowest BCUT2D eigenvalue weighted by molar-refractivity contribution is 0.0963. The first-order chi connectivity index (χ1) is 11.2. The molecule has 0 unspecified atom stereocenters. The number of anilines is 1. The largest absolute Gasteiger partial charge is 0.360 e. The number of nitrogens with one attached hydrogen (secondary N) is 2. The molecule has 8 heteroatoms. The van der Waals surface area contributed by atoms with Crippen LogP contribution >= 0.6 is 11.3 Å². The number of nitrogens with zero attached hydrogens (tertiary/aromatic N) is 3. The van der Waals surface area contributed by atoms with Gasteiger partial charge in [-0.2, -0.15) is 4.52 Å². The minimum Gasteiger partial charge on any atom is -0.360 e. The van der Waals surface area contributed by atoms with E-state index < -0.39 is 0 Å². The molecule has 0 aliphatic carbocycles. The molecule has 0 fully saturated rings. The molecule has 118 valence electrons. The Labute approximate surface area is 136 Å². The van der Waals surface area contributed by atoms with Gasteiger partial charge in [0.15, 0.2) is 0 Å². The average Bonchev–Trinajstić information content (AvgIpc) is 2.99. The number of aromatic nitrogens is 3. The molecule has 7 nitrogen and oxygen atoms in total. The Bertz CT molecular complexity index is 902. The number of carbonyl (C=O) groups is 1. The zero-order valence-corrected chi connectivity index (χ0v) is 13.3. The Morgan fingerprint density at radius 1 is 1.35 bits per heavy atom. The predicted octanol–water partition coefficient (Wildman–Crippen LogP) is 1.17. The molecule has 3 aromatic rings. The zero-order chi connectivity index (χ0) is 16.2. The van der Waals surface area contributed by atoms with Crippen molar-refractivity contribution in [2.45, 2.75) is 6.42 Å². The van der Waals surface area contributed by atoms with E-state index in [9.17, 15) is 9.59 Å². The van der Waals surface area contributed by atoms with Crippen molar-refractivity contribution in [3.8, 4) is 0 Å². The fraction of sp³-hybridized carbons (Fsp3) is 0.200. The van der Waals surface area contributed by atoms with Gasteiger partial charge >= 0.3 is 0 Å². The minimum atomic E-state index is -0.197. The normalized spacial score (nSPS) is 10.7. The predicted molar refractivity (Wildman–Crippen MR) is 89.2 cm³/mol. The third-order valence-electron chi connectivity index (χ3n) is 3.28. The first-order valence-corrected chi connectivity index (χ1v) is 7.89. The van der Waals surface area contributed by atoms with Gasteiger partial charge in [-0.25, -0.2) is 4.98 Å². The van der Waals surface area contributed by atoms with Gasteiger partial charge in [-0.1, -0.05) is 23.5 Å². The summed E-state index contributed by atoms with van der Waals surface area (Å²) in [6, 6.07) is 8.85. The van der Waals surface area contributed by atoms with Crippen molar-refractivity contribution in [2.24, 2.45) is 0 Å². The molecule has 0 aliphatic rings. The number of rotatable bonds is 5. The second-order valence-corrected chi connectivity index (χ2v) is 5.80. The summed E-state index contributed by atoms with van der Waals surface area (Å²) < 4.78 is 1.28. The molecule has 2 aromatic heterocycles. The van der Waals surface area contributed by atoms with Crippen molar-refractivity contribution in [1.82, 2.24) is 19.9 Å². The number of hydrogen-bond acceptors (Lipinski definition) is 6. The van der Waals surface area contributed by atoms with Gasteiger partial charge in [0.25, 0.3) is 11.5 Å². The summed E-state index contributed by atoms with van der Waals surface area (Å²) in [5.41, 5.74) is 1.49. The molecule has 0 spiro atoms. The smallest absolute Gasteiger partial charge is 0.275 e. The van der Waals surface area contributed by atoms with Crippen LogP contribution in [-0.4, -0.2) is 34.1 Å². The second-order valence-electron chi connectivity index (χ2n) is 4.84. The lowest BCUT2D eigenvalue weighted by Gasteiger charge is -2.05. The summed E-state index contributed by atoms with van der Waals surface area (Å²) in [5.74, 6) is -0.101. The fourth-order valence-corrected chi connectivity index (χ4v) is 2.94. The Balaban J connectivity index is 1.65. The standard InChI is InChI=1S/C15H15N5O2S/c1-16-13(22)11-4-2-3-10(9-11)5-7-17-14-19-20-12(21)6-8-18-15(20)23-14/h2-4,6,8-9H,5,7H2,1H3,(H,16,22)(H,17,19). The van der Waals surface area contributed by atoms with Crippen LogP contribution in [0.4, 0.5) is 5.13 Å². The summed E-state index contributed by atoms with van der Waals surface area (Å²) >= 11 is 1.32. The second kappa shape index (κ2) is 6.57. The van der Waals surface area contributed by atoms with Crippen molar-refractivity contribution in [1.29, 1.82) is 0 Å². The van der Waals surface area contributed by atoms with E-state index in [-0.39, 0.29) is 11.5 Å². The van der Waals surface area contributed by atoms with E-state index in [1.165, 1.54) is 28.1 Å². The molecule has 2 heterocycles. The van der Waals surface area contributed by atoms with Crippen LogP contribution in [0.3, 0.4) is 0 Å². The van der Waals surface area contributed by atoms with Gasteiger partial charge in [-0.05, 0) is 24.1 Å². The molecule has 0 radical (unpaired) electrons. The molecule has 0 saturated carbocycles. The molecular weight excluding hydrogens is 314 g/mol. The number of fused-ring (bicyclic) bond motifs is 1. The summed E-state index contributed by atoms with van der Waals surface area (Å²) in [5, 5.41) is 10.6. The summed E-state index contributed by atoms with van der Waals surface area (Å²) in [4.78, 5) is 27.9. The number of carbonyl (C=O) groups excluding carboxylic acids is 1. The van der Waals surface area contributed by atoms with Crippen LogP contribution in [0.15, 0.2) is 41.3 Å². The quantitative estimate of drug-likeness (QED) is 0.733. The van der Waals surface area contributed by atoms with E-state index in [2.05, 4.69) is 20.7 Å². The summed E-state index contributed by atoms with van der Waals surface area (Å²) in [6.07, 6.45) is 2.22. The average molecular weight is 329 g/mol. The third kappa shape index (κ3) is 3.37. The van der Waals surface area contributed by atoms with Gasteiger partial charge in [-0.15, -0.1) is 5.10 Å². The van der Waals surface area contributed by atoms with E-state index in [0.29, 0.717) is 22.2 Å². The highest BCUT2D eigenvalue weighted by atomic mass is 32.1. The van der Waals surface area contributed by atoms with Crippen molar-refractivity contribution in [3.63, 3.8) is 0 Å². The maximum Gasteiger partial charge on any atom is 0.275 e. The van der Waals surface area contributed by atoms with Gasteiger partial charge < -0.3 is 10.6 Å². The zero-order valence-electron chi connectivity index (χ0n) is 12.4. The third-order valence-corrected chi connectivity index (χ3v) is 4.16. The maximum atomic E-state index is 11.6. The molecule has 0 saturated heterocycles. The van der Waals surface area contributed by atoms with Gasteiger partial charge in [-0.3, -0.25) is 9.59 Å². The van der Waals surface area contributed by atoms with Gasteiger partial charge in [0.05, 0.1) is 0 Å². The van der Waals surface area contributed by atoms with Crippen LogP contribution < -0.4 is 16.2 Å². The topological polar surface area (TPSA) is 88.4 Å². The van der Waals surface area contributed by atoms with E-state index in [4.69, 9.17) is 0 Å². The number of amides is 1. The maximum absolute atomic E-state index is 11.6. The van der Waals surface area contributed by atoms with Gasteiger partial charge in [0, 0.05) is 31.4 Å². The van der Waals surface area contributed by atoms with Crippen LogP contribution in [0, 0.1) is 0 Å². The van der Waals surface area contributed by atoms with Crippen molar-refractivity contribution in [3.05, 3.63) is 58.0 Å². The Morgan fingerprint density at radius 3 is 3.00 bits per heavy atom. The van der Waals surface area contributed by atoms with E-state index >= 15 is 0 Å². The lowest BCUT2D eigenvalue weighted by atomic mass is 10.1. The van der Waals surface area contributed by atoms with Crippen molar-refractivity contribution in [2.75, 3.05) is 18.9 Å². The first kappa shape index (κ1) is 15.2. The Hall–Kier alpha value is -2.74. The van der Waals surface area contributed by atoms with Crippen LogP contribution in [0.5, 0.6) is 0 Å². The molecule has 23 heavy (non-hydrogen) atoms. The lowest BCUT2D eigenvalue weighted by Crippen LogP contribution is -2.18. The molecule has 1 amide bonds. The summed E-state index contributed by atoms with van der Waals surface area (Å²) in [6.45, 7) is 0.645. The highest BCUT2D eigenvalue weighted by Crippen LogP contribution is 2.15. The monoisotopic (exact) mass is 329 g/mol. The highest BCUT2D eigenvalue weighted by molar-refractivity contribution is 7.20. The summed E-state index contributed by atoms with van der Waals surface area (Å²) in [7, 11) is 1.61. The number of hydrogen-bond donors (Lipinski definition) is 2. The fourth-order valence-electron chi connectivity index (χ4n) is 2.14. The van der Waals surface area contributed by atoms with E-state index in [1.807, 2.05) is 18.2 Å². The van der Waals surface area contributed by atoms with E-state index in [1.54, 1.807) is 13.1 Å². The molecule has 3 rings (SSSR count). The van der Waals surface area contributed by atoms with Crippen LogP contribution in [-0.2, 0) is 6.42 Å². The van der Waals surface area contributed by atoms with Crippen molar-refractivity contribution >= 4 is 27.3 Å². The Kier molecular flexibility index (Phi) is 4.33. The SMILES string of the molecule is CNC(=O)c1cccc(CCNc2nn3c(=O)ccnc3s2)c1. The van der Waals surface area contributed by atoms with Crippen LogP contribution in [0.2, 0.25) is 0 Å². The number of benzene rings is 1. The van der Waals surface area contributed by atoms with Gasteiger partial charge in [0.2, 0.25) is 10.1 Å². The van der Waals surface area contributed by atoms with Gasteiger partial charge in [0.1, 0.15) is 0 Å². The molecule has 0 bridgehead atoms. The van der Waals surface area contributed by atoms with Crippen molar-refractivity contribution < 1.29 is 4.79 Å². The molecule has 0 aliphatic heterocycles. The Morgan fingerprint density at radius 2 is 2.22 bits per heavy atom. The minimum absolute atomic E-state index is 0.101.